The number of rotatable bonds is 1. The minimum absolute atomic E-state index is 0.204. The Morgan fingerprint density at radius 1 is 1.43 bits per heavy atom. The van der Waals surface area contributed by atoms with Crippen LogP contribution in [0.5, 0.6) is 0 Å². The van der Waals surface area contributed by atoms with Gasteiger partial charge in [0.2, 0.25) is 5.91 Å². The third kappa shape index (κ3) is 1.50. The van der Waals surface area contributed by atoms with Gasteiger partial charge < -0.3 is 4.90 Å². The standard InChI is InChI=1S/C11H12ClNO/c1-8-9(12)4-2-5-10(8)13-7-3-6-11(13)14/h2,4-5H,3,6-7H2,1H3. The van der Waals surface area contributed by atoms with Crippen molar-refractivity contribution in [1.29, 1.82) is 0 Å². The van der Waals surface area contributed by atoms with E-state index in [2.05, 4.69) is 0 Å². The van der Waals surface area contributed by atoms with Gasteiger partial charge in [0.05, 0.1) is 0 Å². The Labute approximate surface area is 88.5 Å². The average Bonchev–Trinajstić information content (AvgIpc) is 2.57. The molecule has 14 heavy (non-hydrogen) atoms. The fraction of sp³-hybridized carbons (Fsp3) is 0.364. The smallest absolute Gasteiger partial charge is 0.227 e. The lowest BCUT2D eigenvalue weighted by molar-refractivity contribution is -0.117. The Morgan fingerprint density at radius 3 is 2.86 bits per heavy atom. The summed E-state index contributed by atoms with van der Waals surface area (Å²) in [6.07, 6.45) is 1.61. The SMILES string of the molecule is Cc1c(Cl)cccc1N1CCCC1=O. The molecule has 0 bridgehead atoms. The number of hydrogen-bond acceptors (Lipinski definition) is 1. The molecule has 1 aliphatic rings. The molecule has 0 aromatic heterocycles. The topological polar surface area (TPSA) is 20.3 Å². The molecule has 0 spiro atoms. The molecular formula is C11H12ClNO. The fourth-order valence-electron chi connectivity index (χ4n) is 1.79. The third-order valence-corrected chi connectivity index (χ3v) is 3.01. The van der Waals surface area contributed by atoms with Crippen LogP contribution in [0.4, 0.5) is 5.69 Å². The maximum Gasteiger partial charge on any atom is 0.227 e. The lowest BCUT2D eigenvalue weighted by Gasteiger charge is -2.18. The Hall–Kier alpha value is -1.02. The van der Waals surface area contributed by atoms with Crippen LogP contribution in [0.3, 0.4) is 0 Å². The summed E-state index contributed by atoms with van der Waals surface area (Å²) in [5.74, 6) is 0.204. The summed E-state index contributed by atoms with van der Waals surface area (Å²) in [6.45, 7) is 2.77. The van der Waals surface area contributed by atoms with Gasteiger partial charge in [0.1, 0.15) is 0 Å². The van der Waals surface area contributed by atoms with Gasteiger partial charge in [0.25, 0.3) is 0 Å². The quantitative estimate of drug-likeness (QED) is 0.697. The van der Waals surface area contributed by atoms with Crippen molar-refractivity contribution in [2.45, 2.75) is 19.8 Å². The van der Waals surface area contributed by atoms with Crippen LogP contribution in [-0.2, 0) is 4.79 Å². The molecule has 0 unspecified atom stereocenters. The molecule has 1 amide bonds. The van der Waals surface area contributed by atoms with E-state index in [-0.39, 0.29) is 5.91 Å². The van der Waals surface area contributed by atoms with Crippen LogP contribution >= 0.6 is 11.6 Å². The predicted octanol–water partition coefficient (Wildman–Crippen LogP) is 2.78. The maximum absolute atomic E-state index is 11.5. The van der Waals surface area contributed by atoms with Gasteiger partial charge >= 0.3 is 0 Å². The van der Waals surface area contributed by atoms with Crippen LogP contribution in [0.2, 0.25) is 5.02 Å². The summed E-state index contributed by atoms with van der Waals surface area (Å²) in [4.78, 5) is 13.3. The summed E-state index contributed by atoms with van der Waals surface area (Å²) < 4.78 is 0. The highest BCUT2D eigenvalue weighted by atomic mass is 35.5. The molecule has 1 aromatic rings. The normalized spacial score (nSPS) is 16.4. The third-order valence-electron chi connectivity index (χ3n) is 2.60. The van der Waals surface area contributed by atoms with Gasteiger partial charge in [-0.2, -0.15) is 0 Å². The molecular weight excluding hydrogens is 198 g/mol. The molecule has 0 saturated carbocycles. The van der Waals surface area contributed by atoms with Gasteiger partial charge in [-0.25, -0.2) is 0 Å². The highest BCUT2D eigenvalue weighted by Crippen LogP contribution is 2.29. The van der Waals surface area contributed by atoms with Gasteiger partial charge in [-0.1, -0.05) is 17.7 Å². The Kier molecular flexibility index (Phi) is 2.46. The van der Waals surface area contributed by atoms with Crippen LogP contribution in [0.25, 0.3) is 0 Å². The van der Waals surface area contributed by atoms with Crippen LogP contribution in [-0.4, -0.2) is 12.5 Å². The van der Waals surface area contributed by atoms with E-state index in [0.717, 1.165) is 29.2 Å². The van der Waals surface area contributed by atoms with Crippen molar-refractivity contribution in [3.05, 3.63) is 28.8 Å². The van der Waals surface area contributed by atoms with E-state index in [1.165, 1.54) is 0 Å². The van der Waals surface area contributed by atoms with Crippen molar-refractivity contribution in [1.82, 2.24) is 0 Å². The number of anilines is 1. The molecule has 74 valence electrons. The fourth-order valence-corrected chi connectivity index (χ4v) is 1.96. The predicted molar refractivity (Wildman–Crippen MR) is 57.8 cm³/mol. The molecule has 2 nitrogen and oxygen atoms in total. The van der Waals surface area contributed by atoms with Crippen LogP contribution < -0.4 is 4.90 Å². The van der Waals surface area contributed by atoms with Crippen LogP contribution in [0.15, 0.2) is 18.2 Å². The Balaban J connectivity index is 2.41. The number of benzene rings is 1. The van der Waals surface area contributed by atoms with E-state index in [1.54, 1.807) is 0 Å². The maximum atomic E-state index is 11.5. The van der Waals surface area contributed by atoms with Gasteiger partial charge in [0.15, 0.2) is 0 Å². The molecule has 1 aliphatic heterocycles. The molecule has 0 radical (unpaired) electrons. The summed E-state index contributed by atoms with van der Waals surface area (Å²) in [7, 11) is 0. The summed E-state index contributed by atoms with van der Waals surface area (Å²) >= 11 is 6.00. The van der Waals surface area contributed by atoms with Crippen molar-refractivity contribution in [2.75, 3.05) is 11.4 Å². The molecule has 1 fully saturated rings. The van der Waals surface area contributed by atoms with Crippen LogP contribution in [0.1, 0.15) is 18.4 Å². The van der Waals surface area contributed by atoms with Gasteiger partial charge in [-0.15, -0.1) is 0 Å². The largest absolute Gasteiger partial charge is 0.312 e. The molecule has 0 N–H and O–H groups in total. The van der Waals surface area contributed by atoms with Gasteiger partial charge in [0, 0.05) is 23.7 Å². The molecule has 1 saturated heterocycles. The van der Waals surface area contributed by atoms with Gasteiger partial charge in [-0.3, -0.25) is 4.79 Å². The molecule has 2 rings (SSSR count). The van der Waals surface area contributed by atoms with Crippen LogP contribution in [0, 0.1) is 6.92 Å². The Bertz CT molecular complexity index is 376. The molecule has 3 heteroatoms. The Morgan fingerprint density at radius 2 is 2.21 bits per heavy atom. The molecule has 1 aromatic carbocycles. The average molecular weight is 210 g/mol. The van der Waals surface area contributed by atoms with Crippen molar-refractivity contribution >= 4 is 23.2 Å². The summed E-state index contributed by atoms with van der Waals surface area (Å²) in [6, 6.07) is 5.68. The second kappa shape index (κ2) is 3.62. The summed E-state index contributed by atoms with van der Waals surface area (Å²) in [5, 5.41) is 0.724. The highest BCUT2D eigenvalue weighted by Gasteiger charge is 2.23. The first-order chi connectivity index (χ1) is 6.70. The zero-order chi connectivity index (χ0) is 10.1. The summed E-state index contributed by atoms with van der Waals surface area (Å²) in [5.41, 5.74) is 1.95. The number of amides is 1. The van der Waals surface area contributed by atoms with E-state index >= 15 is 0 Å². The highest BCUT2D eigenvalue weighted by molar-refractivity contribution is 6.31. The number of hydrogen-bond donors (Lipinski definition) is 0. The van der Waals surface area contributed by atoms with E-state index in [1.807, 2.05) is 30.0 Å². The van der Waals surface area contributed by atoms with Crippen molar-refractivity contribution in [3.63, 3.8) is 0 Å². The van der Waals surface area contributed by atoms with Crippen molar-refractivity contribution in [2.24, 2.45) is 0 Å². The first-order valence-electron chi connectivity index (χ1n) is 4.75. The van der Waals surface area contributed by atoms with Crippen molar-refractivity contribution < 1.29 is 4.79 Å². The monoisotopic (exact) mass is 209 g/mol. The minimum Gasteiger partial charge on any atom is -0.312 e. The zero-order valence-electron chi connectivity index (χ0n) is 8.09. The van der Waals surface area contributed by atoms with E-state index < -0.39 is 0 Å². The first kappa shape index (κ1) is 9.53. The number of nitrogens with zero attached hydrogens (tertiary/aromatic N) is 1. The molecule has 1 heterocycles. The second-order valence-corrected chi connectivity index (χ2v) is 3.94. The number of carbonyl (C=O) groups excluding carboxylic acids is 1. The van der Waals surface area contributed by atoms with E-state index in [0.29, 0.717) is 6.42 Å². The van der Waals surface area contributed by atoms with E-state index in [9.17, 15) is 4.79 Å². The number of carbonyl (C=O) groups is 1. The minimum atomic E-state index is 0.204. The molecule has 0 atom stereocenters. The number of halogens is 1. The first-order valence-corrected chi connectivity index (χ1v) is 5.13. The molecule has 0 aliphatic carbocycles. The lowest BCUT2D eigenvalue weighted by atomic mass is 10.2. The lowest BCUT2D eigenvalue weighted by Crippen LogP contribution is -2.24. The van der Waals surface area contributed by atoms with Crippen molar-refractivity contribution in [3.8, 4) is 0 Å². The van der Waals surface area contributed by atoms with E-state index in [4.69, 9.17) is 11.6 Å². The second-order valence-electron chi connectivity index (χ2n) is 3.53. The zero-order valence-corrected chi connectivity index (χ0v) is 8.84. The van der Waals surface area contributed by atoms with Gasteiger partial charge in [-0.05, 0) is 31.0 Å².